The van der Waals surface area contributed by atoms with Crippen LogP contribution in [0.1, 0.15) is 33.4 Å². The first-order chi connectivity index (χ1) is 34.0. The Hall–Kier alpha value is -8.34. The number of carbonyl (C=O) groups excluding carboxylic acids is 2. The number of rotatable bonds is 6. The Morgan fingerprint density at radius 1 is 0.400 bits per heavy atom. The highest BCUT2D eigenvalue weighted by atomic mass is 32.1. The molecule has 2 fully saturated rings. The Morgan fingerprint density at radius 2 is 0.686 bits per heavy atom. The molecule has 2 N–H and O–H groups in total. The largest absolute Gasteiger partial charge is 0.324 e. The molecule has 0 saturated carbocycles. The second-order valence-electron chi connectivity index (χ2n) is 17.4. The number of aromatic nitrogens is 2. The molecule has 2 saturated heterocycles. The summed E-state index contributed by atoms with van der Waals surface area (Å²) in [6.07, 6.45) is 3.74. The summed E-state index contributed by atoms with van der Waals surface area (Å²) in [4.78, 5) is 72.4. The van der Waals surface area contributed by atoms with E-state index in [0.717, 1.165) is 33.4 Å². The van der Waals surface area contributed by atoms with Gasteiger partial charge in [-0.15, -0.1) is 0 Å². The number of urea groups is 2. The van der Waals surface area contributed by atoms with E-state index in [1.807, 2.05) is 194 Å². The number of benzene rings is 6. The quantitative estimate of drug-likeness (QED) is 0.234. The van der Waals surface area contributed by atoms with Crippen molar-refractivity contribution < 1.29 is 9.59 Å². The van der Waals surface area contributed by atoms with Crippen LogP contribution in [0.15, 0.2) is 202 Å². The van der Waals surface area contributed by atoms with E-state index >= 15 is 0 Å². The number of fused-ring (bicyclic) bond motifs is 4. The van der Waals surface area contributed by atoms with Crippen LogP contribution >= 0.6 is 22.7 Å². The Balaban J connectivity index is 0.000000152. The molecule has 14 nitrogen and oxygen atoms in total. The zero-order chi connectivity index (χ0) is 48.4. The van der Waals surface area contributed by atoms with E-state index in [2.05, 4.69) is 10.9 Å². The molecule has 4 amide bonds. The molecule has 16 heteroatoms. The van der Waals surface area contributed by atoms with Gasteiger partial charge in [-0.25, -0.2) is 19.6 Å². The molecular formula is C54H46N10O4S2. The third-order valence-electron chi connectivity index (χ3n) is 13.7. The summed E-state index contributed by atoms with van der Waals surface area (Å²) in [6.45, 7) is 0. The maximum atomic E-state index is 13.6. The van der Waals surface area contributed by atoms with Crippen molar-refractivity contribution in [2.24, 2.45) is 9.98 Å². The summed E-state index contributed by atoms with van der Waals surface area (Å²) in [6, 6.07) is 58.0. The van der Waals surface area contributed by atoms with Crippen molar-refractivity contribution >= 4 is 46.9 Å². The smallest absolute Gasteiger partial charge is 0.295 e. The normalized spacial score (nSPS) is 23.5. The van der Waals surface area contributed by atoms with Gasteiger partial charge in [0.2, 0.25) is 32.3 Å². The summed E-state index contributed by atoms with van der Waals surface area (Å²) in [5.41, 5.74) is 7.13. The molecule has 0 aliphatic carbocycles. The monoisotopic (exact) mass is 962 g/mol. The molecule has 70 heavy (non-hydrogen) atoms. The second-order valence-corrected chi connectivity index (χ2v) is 19.4. The van der Waals surface area contributed by atoms with Crippen molar-refractivity contribution in [3.8, 4) is 0 Å². The van der Waals surface area contributed by atoms with E-state index in [1.54, 1.807) is 47.8 Å². The van der Waals surface area contributed by atoms with Crippen molar-refractivity contribution in [3.63, 3.8) is 0 Å². The first-order valence-corrected chi connectivity index (χ1v) is 24.2. The number of nitrogens with one attached hydrogen (secondary N) is 2. The van der Waals surface area contributed by atoms with Gasteiger partial charge in [0.15, 0.2) is 0 Å². The van der Waals surface area contributed by atoms with E-state index in [9.17, 15) is 19.2 Å². The van der Waals surface area contributed by atoms with Crippen LogP contribution in [0.5, 0.6) is 0 Å². The Labute approximate surface area is 409 Å². The molecule has 0 spiro atoms. The molecule has 0 unspecified atom stereocenters. The summed E-state index contributed by atoms with van der Waals surface area (Å²) in [5, 5.41) is 0. The Bertz CT molecular complexity index is 3450. The summed E-state index contributed by atoms with van der Waals surface area (Å²) in [5.74, 6) is 0. The fourth-order valence-corrected chi connectivity index (χ4v) is 12.4. The van der Waals surface area contributed by atoms with Gasteiger partial charge in [0.1, 0.15) is 0 Å². The SMILES string of the molecule is CN1C(=O)N(C)[C@]2(c3ccccc3)N=c3s/c(=C\c4ccccc4)c(=O)n3N[C@]12c1ccccc1.CN1C(=O)N(C)[C@]2(c3ccccc3)Nn3c(s/c(=C\c4ccccc4)c3=O)=N[C@]12c1ccccc1. The van der Waals surface area contributed by atoms with E-state index in [1.165, 1.54) is 32.0 Å². The maximum absolute atomic E-state index is 13.6. The third-order valence-corrected chi connectivity index (χ3v) is 15.7. The fraction of sp³-hybridized carbons (Fsp3) is 0.148. The molecule has 8 aromatic rings. The molecule has 4 aliphatic rings. The van der Waals surface area contributed by atoms with Crippen LogP contribution in [-0.2, 0) is 22.7 Å². The van der Waals surface area contributed by atoms with Crippen LogP contribution in [0.2, 0.25) is 0 Å². The van der Waals surface area contributed by atoms with Gasteiger partial charge in [-0.3, -0.25) is 40.0 Å². The van der Waals surface area contributed by atoms with Crippen LogP contribution in [0, 0.1) is 0 Å². The van der Waals surface area contributed by atoms with Crippen LogP contribution < -0.4 is 40.6 Å². The second kappa shape index (κ2) is 16.7. The lowest BCUT2D eigenvalue weighted by Crippen LogP contribution is -2.67. The molecule has 0 bridgehead atoms. The van der Waals surface area contributed by atoms with Crippen LogP contribution in [-0.4, -0.2) is 69.2 Å². The Morgan fingerprint density at radius 3 is 1.00 bits per heavy atom. The highest BCUT2D eigenvalue weighted by molar-refractivity contribution is 7.07. The average Bonchev–Trinajstić information content (AvgIpc) is 3.99. The number of hydrogen-bond donors (Lipinski definition) is 2. The zero-order valence-electron chi connectivity index (χ0n) is 38.5. The lowest BCUT2D eigenvalue weighted by Gasteiger charge is -2.49. The van der Waals surface area contributed by atoms with Crippen LogP contribution in [0.4, 0.5) is 9.59 Å². The summed E-state index contributed by atoms with van der Waals surface area (Å²) >= 11 is 2.61. The highest BCUT2D eigenvalue weighted by Crippen LogP contribution is 2.55. The first kappa shape index (κ1) is 44.2. The molecule has 6 heterocycles. The van der Waals surface area contributed by atoms with E-state index in [4.69, 9.17) is 9.98 Å². The number of amides is 4. The van der Waals surface area contributed by atoms with Crippen molar-refractivity contribution in [1.29, 1.82) is 0 Å². The van der Waals surface area contributed by atoms with Gasteiger partial charge in [0.05, 0.1) is 9.06 Å². The lowest BCUT2D eigenvalue weighted by molar-refractivity contribution is 0.0648. The van der Waals surface area contributed by atoms with Crippen molar-refractivity contribution in [1.82, 2.24) is 29.0 Å². The van der Waals surface area contributed by atoms with E-state index in [0.29, 0.717) is 18.7 Å². The van der Waals surface area contributed by atoms with Crippen LogP contribution in [0.25, 0.3) is 12.2 Å². The number of hydrogen-bond acceptors (Lipinski definition) is 10. The molecule has 12 rings (SSSR count). The van der Waals surface area contributed by atoms with Crippen LogP contribution in [0.3, 0.4) is 0 Å². The minimum absolute atomic E-state index is 0.201. The molecule has 0 radical (unpaired) electrons. The van der Waals surface area contributed by atoms with Crippen molar-refractivity contribution in [2.75, 3.05) is 39.0 Å². The predicted octanol–water partition coefficient (Wildman–Crippen LogP) is 5.24. The highest BCUT2D eigenvalue weighted by Gasteiger charge is 2.71. The maximum Gasteiger partial charge on any atom is 0.324 e. The van der Waals surface area contributed by atoms with Gasteiger partial charge in [-0.1, -0.05) is 205 Å². The van der Waals surface area contributed by atoms with Gasteiger partial charge in [0, 0.05) is 50.4 Å². The molecular weight excluding hydrogens is 917 g/mol. The number of thiazole rings is 2. The number of carbonyl (C=O) groups is 2. The average molecular weight is 963 g/mol. The van der Waals surface area contributed by atoms with E-state index < -0.39 is 22.7 Å². The lowest BCUT2D eigenvalue weighted by atomic mass is 9.80. The van der Waals surface area contributed by atoms with Gasteiger partial charge in [-0.2, -0.15) is 9.35 Å². The topological polar surface area (TPSA) is 140 Å². The van der Waals surface area contributed by atoms with E-state index in [-0.39, 0.29) is 23.2 Å². The van der Waals surface area contributed by atoms with Crippen molar-refractivity contribution in [3.05, 3.63) is 255 Å². The molecule has 348 valence electrons. The summed E-state index contributed by atoms with van der Waals surface area (Å²) in [7, 11) is 7.02. The van der Waals surface area contributed by atoms with Gasteiger partial charge < -0.3 is 0 Å². The minimum atomic E-state index is -1.16. The molecule has 4 atom stereocenters. The fourth-order valence-electron chi connectivity index (χ4n) is 10.4. The minimum Gasteiger partial charge on any atom is -0.295 e. The van der Waals surface area contributed by atoms with Gasteiger partial charge in [-0.05, 0) is 23.3 Å². The summed E-state index contributed by atoms with van der Waals surface area (Å²) < 4.78 is 4.09. The van der Waals surface area contributed by atoms with Crippen molar-refractivity contribution in [2.45, 2.75) is 22.7 Å². The number of nitrogens with zero attached hydrogens (tertiary/aromatic N) is 8. The predicted molar refractivity (Wildman–Crippen MR) is 272 cm³/mol. The zero-order valence-corrected chi connectivity index (χ0v) is 40.1. The first-order valence-electron chi connectivity index (χ1n) is 22.6. The Kier molecular flexibility index (Phi) is 10.5. The van der Waals surface area contributed by atoms with Gasteiger partial charge in [0.25, 0.3) is 11.1 Å². The molecule has 2 aromatic heterocycles. The number of likely N-dealkylation sites (N-methyl/N-ethyl adjacent to an activating group) is 4. The van der Waals surface area contributed by atoms with Gasteiger partial charge >= 0.3 is 12.1 Å². The third kappa shape index (κ3) is 6.22. The molecule has 4 aliphatic heterocycles. The molecule has 6 aromatic carbocycles. The standard InChI is InChI=1S/2C27H23N5O2S/c2*1-30-25(34)31(2)27(21-16-10-5-11-17-21)26(30,20-14-8-4-9-15-20)28-24-32(29-27)23(33)22(35-24)18-19-12-6-3-7-13-19/h2*3-18,29H,1-2H3/b2*22-18-/t2*26-,27+/m10/s1.